The van der Waals surface area contributed by atoms with Gasteiger partial charge in [-0.1, -0.05) is 12.5 Å². The van der Waals surface area contributed by atoms with Crippen LogP contribution in [-0.2, 0) is 10.0 Å². The maximum atomic E-state index is 13.2. The summed E-state index contributed by atoms with van der Waals surface area (Å²) >= 11 is 0. The van der Waals surface area contributed by atoms with E-state index in [0.717, 1.165) is 24.8 Å². The molecule has 1 N–H and O–H groups in total. The lowest BCUT2D eigenvalue weighted by molar-refractivity contribution is 0.246. The second-order valence-corrected chi connectivity index (χ2v) is 7.51. The number of hydrogen-bond donors (Lipinski definition) is 1. The lowest BCUT2D eigenvalue weighted by Gasteiger charge is -2.33. The van der Waals surface area contributed by atoms with Crippen molar-refractivity contribution in [2.75, 3.05) is 13.7 Å². The second kappa shape index (κ2) is 6.29. The van der Waals surface area contributed by atoms with Crippen LogP contribution in [0.3, 0.4) is 0 Å². The Labute approximate surface area is 135 Å². The number of benzene rings is 1. The topological polar surface area (TPSA) is 88.2 Å². The molecule has 1 aromatic carbocycles. The van der Waals surface area contributed by atoms with Crippen molar-refractivity contribution in [1.29, 1.82) is 0 Å². The van der Waals surface area contributed by atoms with Gasteiger partial charge < -0.3 is 4.74 Å². The smallest absolute Gasteiger partial charge is 0.247 e. The van der Waals surface area contributed by atoms with E-state index in [9.17, 15) is 8.42 Å². The first-order valence-electron chi connectivity index (χ1n) is 7.56. The SMILES string of the molecule is COc1ccc(C)cc1S(=O)(=O)N1CCCCC1c1ncn[nH]1. The highest BCUT2D eigenvalue weighted by atomic mass is 32.2. The van der Waals surface area contributed by atoms with Crippen molar-refractivity contribution in [3.8, 4) is 5.75 Å². The van der Waals surface area contributed by atoms with Crippen LogP contribution in [0.25, 0.3) is 0 Å². The average Bonchev–Trinajstić information content (AvgIpc) is 3.09. The summed E-state index contributed by atoms with van der Waals surface area (Å²) in [7, 11) is -2.20. The number of H-pyrrole nitrogens is 1. The van der Waals surface area contributed by atoms with Gasteiger partial charge in [-0.3, -0.25) is 5.10 Å². The zero-order valence-corrected chi connectivity index (χ0v) is 14.0. The first-order valence-corrected chi connectivity index (χ1v) is 9.00. The van der Waals surface area contributed by atoms with Gasteiger partial charge in [0.2, 0.25) is 10.0 Å². The third-order valence-electron chi connectivity index (χ3n) is 4.11. The van der Waals surface area contributed by atoms with Crippen LogP contribution in [0.2, 0.25) is 0 Å². The number of piperidine rings is 1. The van der Waals surface area contributed by atoms with E-state index in [1.54, 1.807) is 12.1 Å². The molecule has 0 bridgehead atoms. The second-order valence-electron chi connectivity index (χ2n) is 5.65. The van der Waals surface area contributed by atoms with Gasteiger partial charge in [-0.25, -0.2) is 13.4 Å². The van der Waals surface area contributed by atoms with Gasteiger partial charge in [-0.05, 0) is 37.5 Å². The van der Waals surface area contributed by atoms with Crippen molar-refractivity contribution < 1.29 is 13.2 Å². The van der Waals surface area contributed by atoms with Gasteiger partial charge in [-0.15, -0.1) is 0 Å². The Morgan fingerprint density at radius 2 is 2.17 bits per heavy atom. The summed E-state index contributed by atoms with van der Waals surface area (Å²) in [5.41, 5.74) is 0.873. The Morgan fingerprint density at radius 1 is 1.35 bits per heavy atom. The van der Waals surface area contributed by atoms with Crippen LogP contribution in [0.15, 0.2) is 29.4 Å². The van der Waals surface area contributed by atoms with Crippen molar-refractivity contribution in [1.82, 2.24) is 19.5 Å². The van der Waals surface area contributed by atoms with Gasteiger partial charge in [0, 0.05) is 6.54 Å². The number of methoxy groups -OCH3 is 1. The molecule has 3 rings (SSSR count). The number of nitrogens with one attached hydrogen (secondary N) is 1. The molecule has 1 aromatic heterocycles. The molecule has 0 aliphatic carbocycles. The molecule has 1 atom stereocenters. The summed E-state index contributed by atoms with van der Waals surface area (Å²) in [6, 6.07) is 4.86. The lowest BCUT2D eigenvalue weighted by Crippen LogP contribution is -2.39. The number of aryl methyl sites for hydroxylation is 1. The molecular formula is C15H20N4O3S. The summed E-state index contributed by atoms with van der Waals surface area (Å²) in [5, 5.41) is 6.65. The quantitative estimate of drug-likeness (QED) is 0.923. The summed E-state index contributed by atoms with van der Waals surface area (Å²) in [4.78, 5) is 4.35. The highest BCUT2D eigenvalue weighted by Gasteiger charge is 2.37. The highest BCUT2D eigenvalue weighted by Crippen LogP contribution is 2.36. The highest BCUT2D eigenvalue weighted by molar-refractivity contribution is 7.89. The van der Waals surface area contributed by atoms with Gasteiger partial charge in [0.25, 0.3) is 0 Å². The molecule has 124 valence electrons. The molecule has 1 unspecified atom stereocenters. The standard InChI is InChI=1S/C15H20N4O3S/c1-11-6-7-13(22-2)14(9-11)23(20,21)19-8-4-3-5-12(19)15-16-10-17-18-15/h6-7,9-10,12H,3-5,8H2,1-2H3,(H,16,17,18). The van der Waals surface area contributed by atoms with Crippen LogP contribution in [0, 0.1) is 6.92 Å². The molecule has 0 radical (unpaired) electrons. The van der Waals surface area contributed by atoms with Crippen molar-refractivity contribution >= 4 is 10.0 Å². The lowest BCUT2D eigenvalue weighted by atomic mass is 10.0. The Balaban J connectivity index is 2.05. The van der Waals surface area contributed by atoms with Gasteiger partial charge in [-0.2, -0.15) is 9.40 Å². The number of hydrogen-bond acceptors (Lipinski definition) is 5. The molecule has 2 aromatic rings. The summed E-state index contributed by atoms with van der Waals surface area (Å²) < 4.78 is 33.2. The van der Waals surface area contributed by atoms with Crippen LogP contribution in [0.5, 0.6) is 5.75 Å². The maximum absolute atomic E-state index is 13.2. The Bertz CT molecular complexity index is 774. The van der Waals surface area contributed by atoms with E-state index in [4.69, 9.17) is 4.74 Å². The summed E-state index contributed by atoms with van der Waals surface area (Å²) in [5.74, 6) is 0.942. The first-order chi connectivity index (χ1) is 11.0. The molecular weight excluding hydrogens is 316 g/mol. The summed E-state index contributed by atoms with van der Waals surface area (Å²) in [6.45, 7) is 2.33. The Kier molecular flexibility index (Phi) is 4.36. The van der Waals surface area contributed by atoms with Gasteiger partial charge in [0.05, 0.1) is 13.2 Å². The van der Waals surface area contributed by atoms with Crippen LogP contribution in [0.4, 0.5) is 0 Å². The molecule has 1 saturated heterocycles. The molecule has 1 fully saturated rings. The van der Waals surface area contributed by atoms with E-state index in [-0.39, 0.29) is 10.9 Å². The molecule has 23 heavy (non-hydrogen) atoms. The van der Waals surface area contributed by atoms with E-state index in [1.807, 2.05) is 13.0 Å². The first kappa shape index (κ1) is 15.9. The Hall–Kier alpha value is -1.93. The molecule has 0 spiro atoms. The zero-order chi connectivity index (χ0) is 16.4. The third-order valence-corrected chi connectivity index (χ3v) is 6.04. The Morgan fingerprint density at radius 3 is 2.87 bits per heavy atom. The minimum absolute atomic E-state index is 0.200. The monoisotopic (exact) mass is 336 g/mol. The normalized spacial score (nSPS) is 19.7. The largest absolute Gasteiger partial charge is 0.495 e. The minimum atomic E-state index is -3.68. The van der Waals surface area contributed by atoms with Crippen LogP contribution >= 0.6 is 0 Å². The van der Waals surface area contributed by atoms with Gasteiger partial charge >= 0.3 is 0 Å². The van der Waals surface area contributed by atoms with E-state index in [0.29, 0.717) is 18.1 Å². The fraction of sp³-hybridized carbons (Fsp3) is 0.467. The van der Waals surface area contributed by atoms with Gasteiger partial charge in [0.1, 0.15) is 22.8 Å². The molecule has 7 nitrogen and oxygen atoms in total. The number of rotatable bonds is 4. The fourth-order valence-electron chi connectivity index (χ4n) is 2.95. The van der Waals surface area contributed by atoms with E-state index < -0.39 is 10.0 Å². The molecule has 8 heteroatoms. The zero-order valence-electron chi connectivity index (χ0n) is 13.2. The average molecular weight is 336 g/mol. The number of aromatic amines is 1. The van der Waals surface area contributed by atoms with Crippen molar-refractivity contribution in [3.63, 3.8) is 0 Å². The van der Waals surface area contributed by atoms with Crippen LogP contribution in [-0.4, -0.2) is 41.6 Å². The minimum Gasteiger partial charge on any atom is -0.495 e. The number of sulfonamides is 1. The molecule has 1 aliphatic heterocycles. The van der Waals surface area contributed by atoms with Crippen molar-refractivity contribution in [2.45, 2.75) is 37.1 Å². The van der Waals surface area contributed by atoms with Crippen molar-refractivity contribution in [3.05, 3.63) is 35.9 Å². The maximum Gasteiger partial charge on any atom is 0.247 e. The molecule has 0 amide bonds. The molecule has 2 heterocycles. The number of nitrogens with zero attached hydrogens (tertiary/aromatic N) is 3. The third kappa shape index (κ3) is 2.96. The van der Waals surface area contributed by atoms with Gasteiger partial charge in [0.15, 0.2) is 0 Å². The van der Waals surface area contributed by atoms with E-state index in [1.165, 1.54) is 17.7 Å². The van der Waals surface area contributed by atoms with E-state index in [2.05, 4.69) is 15.2 Å². The fourth-order valence-corrected chi connectivity index (χ4v) is 4.86. The van der Waals surface area contributed by atoms with Crippen LogP contribution in [0.1, 0.15) is 36.7 Å². The predicted molar refractivity (Wildman–Crippen MR) is 84.6 cm³/mol. The predicted octanol–water partition coefficient (Wildman–Crippen LogP) is 2.04. The number of ether oxygens (including phenoxy) is 1. The van der Waals surface area contributed by atoms with Crippen molar-refractivity contribution in [2.24, 2.45) is 0 Å². The van der Waals surface area contributed by atoms with Crippen LogP contribution < -0.4 is 4.74 Å². The number of aromatic nitrogens is 3. The van der Waals surface area contributed by atoms with E-state index >= 15 is 0 Å². The molecule has 1 aliphatic rings. The summed E-state index contributed by atoms with van der Waals surface area (Å²) in [6.07, 6.45) is 3.92. The molecule has 0 saturated carbocycles.